The van der Waals surface area contributed by atoms with Gasteiger partial charge in [-0.1, -0.05) is 36.8 Å². The number of carboxylic acid groups (broad SMARTS) is 1. The molecule has 0 unspecified atom stereocenters. The summed E-state index contributed by atoms with van der Waals surface area (Å²) in [4.78, 5) is 39.6. The van der Waals surface area contributed by atoms with Gasteiger partial charge in [-0.05, 0) is 18.4 Å². The fourth-order valence-corrected chi connectivity index (χ4v) is 3.76. The van der Waals surface area contributed by atoms with Gasteiger partial charge < -0.3 is 14.9 Å². The van der Waals surface area contributed by atoms with E-state index in [0.29, 0.717) is 19.5 Å². The van der Waals surface area contributed by atoms with E-state index in [-0.39, 0.29) is 30.8 Å². The van der Waals surface area contributed by atoms with Gasteiger partial charge >= 0.3 is 5.97 Å². The summed E-state index contributed by atoms with van der Waals surface area (Å²) in [6.45, 7) is 1.27. The molecule has 0 radical (unpaired) electrons. The molecule has 2 saturated heterocycles. The van der Waals surface area contributed by atoms with Crippen molar-refractivity contribution < 1.29 is 19.5 Å². The zero-order valence-electron chi connectivity index (χ0n) is 14.3. The normalized spacial score (nSPS) is 24.2. The molecule has 0 saturated carbocycles. The highest BCUT2D eigenvalue weighted by Gasteiger charge is 2.40. The van der Waals surface area contributed by atoms with Crippen LogP contribution in [0.3, 0.4) is 0 Å². The Balaban J connectivity index is 1.69. The van der Waals surface area contributed by atoms with Crippen molar-refractivity contribution in [3.8, 4) is 0 Å². The van der Waals surface area contributed by atoms with E-state index in [9.17, 15) is 19.5 Å². The van der Waals surface area contributed by atoms with Crippen LogP contribution in [0.15, 0.2) is 30.3 Å². The minimum absolute atomic E-state index is 0.0273. The Morgan fingerprint density at radius 2 is 1.84 bits per heavy atom. The lowest BCUT2D eigenvalue weighted by molar-refractivity contribution is -0.143. The largest absolute Gasteiger partial charge is 0.481 e. The molecule has 0 bridgehead atoms. The fourth-order valence-electron chi connectivity index (χ4n) is 3.76. The van der Waals surface area contributed by atoms with Crippen LogP contribution in [0, 0.1) is 5.92 Å². The summed E-state index contributed by atoms with van der Waals surface area (Å²) in [7, 11) is 0. The van der Waals surface area contributed by atoms with Gasteiger partial charge in [-0.15, -0.1) is 0 Å². The topological polar surface area (TPSA) is 77.9 Å². The van der Waals surface area contributed by atoms with Gasteiger partial charge in [0, 0.05) is 32.0 Å². The molecule has 3 rings (SSSR count). The predicted octanol–water partition coefficient (Wildman–Crippen LogP) is 1.72. The molecule has 2 heterocycles. The van der Waals surface area contributed by atoms with E-state index in [4.69, 9.17) is 0 Å². The lowest BCUT2D eigenvalue weighted by atomic mass is 9.89. The Bertz CT molecular complexity index is 646. The third kappa shape index (κ3) is 4.00. The summed E-state index contributed by atoms with van der Waals surface area (Å²) in [5.74, 6) is -1.82. The SMILES string of the molecule is O=C(O)[C@@H]1CN(C(=O)CN2CCCCCC2=O)C[C@@H]1c1ccccc1. The summed E-state index contributed by atoms with van der Waals surface area (Å²) in [5.41, 5.74) is 0.941. The number of hydrogen-bond donors (Lipinski definition) is 1. The number of aliphatic carboxylic acids is 1. The van der Waals surface area contributed by atoms with Crippen molar-refractivity contribution in [2.45, 2.75) is 31.6 Å². The molecule has 0 aliphatic carbocycles. The second-order valence-corrected chi connectivity index (χ2v) is 6.89. The number of carbonyl (C=O) groups is 3. The Morgan fingerprint density at radius 3 is 2.56 bits per heavy atom. The van der Waals surface area contributed by atoms with Crippen LogP contribution in [0.5, 0.6) is 0 Å². The van der Waals surface area contributed by atoms with Crippen molar-refractivity contribution in [1.82, 2.24) is 9.80 Å². The zero-order valence-corrected chi connectivity index (χ0v) is 14.3. The van der Waals surface area contributed by atoms with Crippen LogP contribution < -0.4 is 0 Å². The molecule has 2 amide bonds. The number of amides is 2. The quantitative estimate of drug-likeness (QED) is 0.902. The maximum absolute atomic E-state index is 12.7. The van der Waals surface area contributed by atoms with Crippen LogP contribution in [0.1, 0.15) is 37.2 Å². The van der Waals surface area contributed by atoms with Crippen molar-refractivity contribution in [2.24, 2.45) is 5.92 Å². The highest BCUT2D eigenvalue weighted by Crippen LogP contribution is 2.33. The van der Waals surface area contributed by atoms with E-state index in [0.717, 1.165) is 24.8 Å². The van der Waals surface area contributed by atoms with Gasteiger partial charge in [0.1, 0.15) is 0 Å². The lowest BCUT2D eigenvalue weighted by Crippen LogP contribution is -2.42. The van der Waals surface area contributed by atoms with Crippen LogP contribution in [0.25, 0.3) is 0 Å². The van der Waals surface area contributed by atoms with Gasteiger partial charge in [0.25, 0.3) is 0 Å². The second-order valence-electron chi connectivity index (χ2n) is 6.89. The van der Waals surface area contributed by atoms with Crippen molar-refractivity contribution in [3.63, 3.8) is 0 Å². The molecule has 1 aromatic carbocycles. The number of rotatable bonds is 4. The van der Waals surface area contributed by atoms with Gasteiger partial charge in [0.2, 0.25) is 11.8 Å². The molecule has 2 atom stereocenters. The first-order chi connectivity index (χ1) is 12.1. The second kappa shape index (κ2) is 7.68. The van der Waals surface area contributed by atoms with Crippen molar-refractivity contribution in [2.75, 3.05) is 26.2 Å². The molecule has 1 aromatic rings. The first kappa shape index (κ1) is 17.5. The number of hydrogen-bond acceptors (Lipinski definition) is 3. The van der Waals surface area contributed by atoms with E-state index in [1.807, 2.05) is 30.3 Å². The Labute approximate surface area is 147 Å². The molecule has 6 nitrogen and oxygen atoms in total. The summed E-state index contributed by atoms with van der Waals surface area (Å²) in [5, 5.41) is 9.54. The predicted molar refractivity (Wildman–Crippen MR) is 91.9 cm³/mol. The van der Waals surface area contributed by atoms with Crippen LogP contribution in [-0.2, 0) is 14.4 Å². The number of likely N-dealkylation sites (tertiary alicyclic amines) is 2. The first-order valence-electron chi connectivity index (χ1n) is 8.89. The minimum Gasteiger partial charge on any atom is -0.481 e. The van der Waals surface area contributed by atoms with E-state index >= 15 is 0 Å². The number of carbonyl (C=O) groups excluding carboxylic acids is 2. The molecule has 0 spiro atoms. The zero-order chi connectivity index (χ0) is 17.8. The lowest BCUT2D eigenvalue weighted by Gasteiger charge is -2.24. The van der Waals surface area contributed by atoms with E-state index in [2.05, 4.69) is 0 Å². The average Bonchev–Trinajstić information content (AvgIpc) is 2.97. The average molecular weight is 344 g/mol. The molecule has 2 aliphatic rings. The van der Waals surface area contributed by atoms with E-state index in [1.54, 1.807) is 9.80 Å². The third-order valence-corrected chi connectivity index (χ3v) is 5.21. The van der Waals surface area contributed by atoms with E-state index in [1.165, 1.54) is 0 Å². The maximum atomic E-state index is 12.7. The number of carboxylic acids is 1. The molecule has 2 fully saturated rings. The van der Waals surface area contributed by atoms with Gasteiger partial charge in [0.05, 0.1) is 12.5 Å². The summed E-state index contributed by atoms with van der Waals surface area (Å²) in [6.07, 6.45) is 3.31. The van der Waals surface area contributed by atoms with Crippen LogP contribution in [0.4, 0.5) is 0 Å². The molecule has 0 aromatic heterocycles. The number of benzene rings is 1. The summed E-state index contributed by atoms with van der Waals surface area (Å²) in [6, 6.07) is 9.48. The smallest absolute Gasteiger partial charge is 0.308 e. The van der Waals surface area contributed by atoms with Gasteiger partial charge in [-0.25, -0.2) is 0 Å². The minimum atomic E-state index is -0.880. The molecule has 2 aliphatic heterocycles. The summed E-state index contributed by atoms with van der Waals surface area (Å²) >= 11 is 0. The molecule has 134 valence electrons. The van der Waals surface area contributed by atoms with Crippen molar-refractivity contribution in [1.29, 1.82) is 0 Å². The molecular formula is C19H24N2O4. The Morgan fingerprint density at radius 1 is 1.08 bits per heavy atom. The van der Waals surface area contributed by atoms with Crippen LogP contribution in [-0.4, -0.2) is 58.9 Å². The Kier molecular flexibility index (Phi) is 5.36. The highest BCUT2D eigenvalue weighted by atomic mass is 16.4. The third-order valence-electron chi connectivity index (χ3n) is 5.21. The first-order valence-corrected chi connectivity index (χ1v) is 8.89. The molecule has 6 heteroatoms. The monoisotopic (exact) mass is 344 g/mol. The summed E-state index contributed by atoms with van der Waals surface area (Å²) < 4.78 is 0. The number of nitrogens with zero attached hydrogens (tertiary/aromatic N) is 2. The van der Waals surface area contributed by atoms with Crippen molar-refractivity contribution in [3.05, 3.63) is 35.9 Å². The molecular weight excluding hydrogens is 320 g/mol. The van der Waals surface area contributed by atoms with Gasteiger partial charge in [-0.2, -0.15) is 0 Å². The Hall–Kier alpha value is -2.37. The highest BCUT2D eigenvalue weighted by molar-refractivity contribution is 5.86. The van der Waals surface area contributed by atoms with E-state index < -0.39 is 11.9 Å². The van der Waals surface area contributed by atoms with Crippen LogP contribution in [0.2, 0.25) is 0 Å². The maximum Gasteiger partial charge on any atom is 0.308 e. The fraction of sp³-hybridized carbons (Fsp3) is 0.526. The van der Waals surface area contributed by atoms with Crippen LogP contribution >= 0.6 is 0 Å². The van der Waals surface area contributed by atoms with Gasteiger partial charge in [0.15, 0.2) is 0 Å². The van der Waals surface area contributed by atoms with Crippen molar-refractivity contribution >= 4 is 17.8 Å². The van der Waals surface area contributed by atoms with Gasteiger partial charge in [-0.3, -0.25) is 14.4 Å². The molecule has 1 N–H and O–H groups in total. The standard InChI is InChI=1S/C19H24N2O4/c22-17-9-5-2-6-10-20(17)13-18(23)21-11-15(16(12-21)19(24)25)14-7-3-1-4-8-14/h1,3-4,7-8,15-16H,2,5-6,9-13H2,(H,24,25)/t15-,16-/m1/s1. The molecule has 25 heavy (non-hydrogen) atoms.